The normalized spacial score (nSPS) is 31.4. The van der Waals surface area contributed by atoms with Crippen molar-refractivity contribution in [2.75, 3.05) is 27.3 Å². The first kappa shape index (κ1) is 41.6. The molecule has 274 valence electrons. The van der Waals surface area contributed by atoms with E-state index in [9.17, 15) is 19.8 Å². The summed E-state index contributed by atoms with van der Waals surface area (Å²) in [5.74, 6) is -1.70. The third kappa shape index (κ3) is 9.74. The maximum Gasteiger partial charge on any atom is 0.316 e. The molecule has 4 aliphatic heterocycles. The minimum Gasteiger partial charge on any atom is -1.00 e. The molecule has 0 amide bonds. The number of hydrogen-bond acceptors (Lipinski definition) is 6. The highest BCUT2D eigenvalue weighted by molar-refractivity contribution is 5.79. The molecule has 0 saturated carbocycles. The van der Waals surface area contributed by atoms with E-state index in [4.69, 9.17) is 9.47 Å². The predicted molar refractivity (Wildman–Crippen MR) is 182 cm³/mol. The van der Waals surface area contributed by atoms with Crippen LogP contribution in [0.1, 0.15) is 101 Å². The first-order valence-electron chi connectivity index (χ1n) is 18.1. The summed E-state index contributed by atoms with van der Waals surface area (Å²) < 4.78 is 12.8. The van der Waals surface area contributed by atoms with E-state index >= 15 is 0 Å². The van der Waals surface area contributed by atoms with Crippen LogP contribution in [0.3, 0.4) is 0 Å². The number of esters is 2. The summed E-state index contributed by atoms with van der Waals surface area (Å²) in [6, 6.07) is 21.9. The molecule has 0 spiro atoms. The summed E-state index contributed by atoms with van der Waals surface area (Å²) in [6.07, 6.45) is 11.3. The van der Waals surface area contributed by atoms with Crippen molar-refractivity contribution in [2.45, 2.75) is 132 Å². The van der Waals surface area contributed by atoms with Gasteiger partial charge >= 0.3 is 11.9 Å². The van der Waals surface area contributed by atoms with Crippen molar-refractivity contribution in [3.05, 3.63) is 71.8 Å². The van der Waals surface area contributed by atoms with Gasteiger partial charge in [0.2, 0.25) is 0 Å². The van der Waals surface area contributed by atoms with Crippen LogP contribution in [-0.4, -0.2) is 96.4 Å². The molecule has 0 radical (unpaired) electrons. The van der Waals surface area contributed by atoms with E-state index in [0.29, 0.717) is 30.2 Å². The van der Waals surface area contributed by atoms with E-state index in [1.54, 1.807) is 4.90 Å². The largest absolute Gasteiger partial charge is 1.00 e. The maximum absolute atomic E-state index is 12.7. The van der Waals surface area contributed by atoms with Gasteiger partial charge in [-0.1, -0.05) is 60.7 Å². The zero-order chi connectivity index (χ0) is 33.6. The van der Waals surface area contributed by atoms with Crippen molar-refractivity contribution in [3.63, 3.8) is 0 Å². The molecule has 6 rings (SSSR count). The molecule has 2 aromatic rings. The number of carbonyl (C=O) groups is 2. The standard InChI is InChI=1S/C21H32NO3.C18H25NO3.2BrH/c1-15(2)22(3)17-10-7-11-18(22)13-19(12-17)25-21(24)20(14-23)16-8-5-4-6-9-16;1-19-14-8-5-9-15(19)11-16(10-14)22-18(21)17(12-20)13-6-3-2-4-7-13;;/h4-6,8-9,15,17-20,23H,7,10-14H2,1-3H3;2-4,6-7,14-17,20H,5,8-12H2,1H3;2*1H/q+1;;;/p-1. The lowest BCUT2D eigenvalue weighted by Gasteiger charge is -2.57. The monoisotopic (exact) mass is 808 g/mol. The summed E-state index contributed by atoms with van der Waals surface area (Å²) in [5, 5.41) is 19.3. The Morgan fingerprint density at radius 2 is 1.10 bits per heavy atom. The number of benzene rings is 2. The molecule has 0 aromatic heterocycles. The Labute approximate surface area is 314 Å². The second-order valence-corrected chi connectivity index (χ2v) is 15.0. The van der Waals surface area contributed by atoms with Gasteiger partial charge in [0, 0.05) is 25.7 Å². The van der Waals surface area contributed by atoms with Crippen LogP contribution in [0.2, 0.25) is 0 Å². The number of nitrogens with zero attached hydrogens (tertiary/aromatic N) is 1. The number of quaternary nitrogens is 2. The second-order valence-electron chi connectivity index (χ2n) is 15.0. The van der Waals surface area contributed by atoms with E-state index in [2.05, 4.69) is 27.9 Å². The van der Waals surface area contributed by atoms with Gasteiger partial charge in [0.1, 0.15) is 24.0 Å². The summed E-state index contributed by atoms with van der Waals surface area (Å²) >= 11 is 0. The number of piperidine rings is 4. The molecular weight excluding hydrogens is 752 g/mol. The van der Waals surface area contributed by atoms with Crippen LogP contribution in [0.4, 0.5) is 0 Å². The number of aliphatic hydroxyl groups is 2. The molecule has 6 atom stereocenters. The van der Waals surface area contributed by atoms with Crippen molar-refractivity contribution < 1.29 is 72.6 Å². The van der Waals surface area contributed by atoms with Gasteiger partial charge in [-0.05, 0) is 63.5 Å². The summed E-state index contributed by atoms with van der Waals surface area (Å²) in [6.45, 7) is 4.22. The van der Waals surface area contributed by atoms with Crippen LogP contribution in [0, 0.1) is 0 Å². The number of aliphatic hydroxyl groups excluding tert-OH is 2. The quantitative estimate of drug-likeness (QED) is 0.204. The first-order valence-corrected chi connectivity index (χ1v) is 18.1. The lowest BCUT2D eigenvalue weighted by atomic mass is 9.79. The van der Waals surface area contributed by atoms with Gasteiger partial charge in [-0.3, -0.25) is 9.59 Å². The zero-order valence-corrected chi connectivity index (χ0v) is 32.9. The molecule has 4 heterocycles. The lowest BCUT2D eigenvalue weighted by Crippen LogP contribution is -3.18. The van der Waals surface area contributed by atoms with Crippen LogP contribution in [-0.2, 0) is 19.1 Å². The van der Waals surface area contributed by atoms with Crippen molar-refractivity contribution in [1.82, 2.24) is 0 Å². The Kier molecular flexibility index (Phi) is 16.2. The highest BCUT2D eigenvalue weighted by atomic mass is 79.9. The highest BCUT2D eigenvalue weighted by Crippen LogP contribution is 2.42. The molecule has 4 aliphatic rings. The van der Waals surface area contributed by atoms with Gasteiger partial charge in [-0.25, -0.2) is 0 Å². The average Bonchev–Trinajstić information content (AvgIpc) is 3.04. The van der Waals surface area contributed by atoms with Crippen LogP contribution in [0.5, 0.6) is 0 Å². The topological polar surface area (TPSA) is 97.5 Å². The van der Waals surface area contributed by atoms with E-state index in [0.717, 1.165) is 41.3 Å². The number of ether oxygens (including phenoxy) is 2. The predicted octanol–water partition coefficient (Wildman–Crippen LogP) is -1.84. The Hall–Kier alpha value is -1.82. The summed E-state index contributed by atoms with van der Waals surface area (Å²) in [4.78, 5) is 26.7. The molecule has 10 heteroatoms. The molecular formula is C39H58Br2N2O6. The second kappa shape index (κ2) is 19.1. The average molecular weight is 811 g/mol. The Balaban J connectivity index is 0.000000257. The zero-order valence-electron chi connectivity index (χ0n) is 29.7. The number of nitrogens with one attached hydrogen (secondary N) is 1. The smallest absolute Gasteiger partial charge is 0.316 e. The maximum atomic E-state index is 12.7. The minimum absolute atomic E-state index is 0. The first-order chi connectivity index (χ1) is 22.6. The highest BCUT2D eigenvalue weighted by Gasteiger charge is 2.51. The SMILES string of the molecule is CC(C)[N+]1(C)C2CCCC1CC(OC(=O)C(CO)c1ccccc1)C2.C[NH+]1C2CCCC1CC(OC(=O)C(CO)c1ccccc1)C2.[Br-].[Br-]. The van der Waals surface area contributed by atoms with Gasteiger partial charge in [0.05, 0.1) is 57.5 Å². The third-order valence-corrected chi connectivity index (χ3v) is 12.2. The summed E-state index contributed by atoms with van der Waals surface area (Å²) in [5.41, 5.74) is 1.66. The third-order valence-electron chi connectivity index (χ3n) is 12.2. The van der Waals surface area contributed by atoms with Gasteiger partial charge in [-0.2, -0.15) is 0 Å². The number of hydrogen-bond donors (Lipinski definition) is 3. The number of rotatable bonds is 9. The molecule has 0 aliphatic carbocycles. The molecule has 49 heavy (non-hydrogen) atoms. The Morgan fingerprint density at radius 3 is 1.49 bits per heavy atom. The molecule has 3 N–H and O–H groups in total. The van der Waals surface area contributed by atoms with Gasteiger partial charge in [0.15, 0.2) is 0 Å². The van der Waals surface area contributed by atoms with E-state index in [1.807, 2.05) is 60.7 Å². The van der Waals surface area contributed by atoms with E-state index in [1.165, 1.54) is 38.5 Å². The van der Waals surface area contributed by atoms with Gasteiger partial charge in [-0.15, -0.1) is 0 Å². The molecule has 4 fully saturated rings. The van der Waals surface area contributed by atoms with Crippen molar-refractivity contribution in [2.24, 2.45) is 0 Å². The molecule has 8 nitrogen and oxygen atoms in total. The van der Waals surface area contributed by atoms with Gasteiger partial charge in [0.25, 0.3) is 0 Å². The van der Waals surface area contributed by atoms with Gasteiger partial charge < -0.3 is 63.0 Å². The van der Waals surface area contributed by atoms with E-state index in [-0.39, 0.29) is 71.3 Å². The molecule has 6 unspecified atom stereocenters. The Morgan fingerprint density at radius 1 is 0.714 bits per heavy atom. The number of carbonyl (C=O) groups excluding carboxylic acids is 2. The van der Waals surface area contributed by atoms with Crippen molar-refractivity contribution in [1.29, 1.82) is 0 Å². The summed E-state index contributed by atoms with van der Waals surface area (Å²) in [7, 11) is 4.66. The molecule has 4 saturated heterocycles. The van der Waals surface area contributed by atoms with Crippen LogP contribution < -0.4 is 38.9 Å². The minimum atomic E-state index is -0.575. The Bertz CT molecular complexity index is 1270. The van der Waals surface area contributed by atoms with Crippen molar-refractivity contribution >= 4 is 11.9 Å². The molecule has 2 aromatic carbocycles. The lowest BCUT2D eigenvalue weighted by molar-refractivity contribution is -0.985. The fourth-order valence-electron chi connectivity index (χ4n) is 9.11. The van der Waals surface area contributed by atoms with E-state index < -0.39 is 11.8 Å². The van der Waals surface area contributed by atoms with Crippen LogP contribution in [0.25, 0.3) is 0 Å². The van der Waals surface area contributed by atoms with Crippen molar-refractivity contribution in [3.8, 4) is 0 Å². The number of fused-ring (bicyclic) bond motifs is 4. The fourth-order valence-corrected chi connectivity index (χ4v) is 9.11. The van der Waals surface area contributed by atoms with Crippen LogP contribution >= 0.6 is 0 Å². The van der Waals surface area contributed by atoms with Crippen LogP contribution in [0.15, 0.2) is 60.7 Å². The number of halogens is 2. The fraction of sp³-hybridized carbons (Fsp3) is 0.641. The molecule has 4 bridgehead atoms.